The third kappa shape index (κ3) is 2.74. The molecule has 106 valence electrons. The number of sulfonamides is 1. The second kappa shape index (κ2) is 5.12. The van der Waals surface area contributed by atoms with E-state index < -0.39 is 32.4 Å². The Labute approximate surface area is 113 Å². The van der Waals surface area contributed by atoms with Crippen molar-refractivity contribution in [3.8, 4) is 0 Å². The molecule has 0 aliphatic heterocycles. The Hall–Kier alpha value is -2.09. The van der Waals surface area contributed by atoms with Gasteiger partial charge in [0.05, 0.1) is 16.8 Å². The topological polar surface area (TPSA) is 59.1 Å². The summed E-state index contributed by atoms with van der Waals surface area (Å²) >= 11 is 0. The van der Waals surface area contributed by atoms with E-state index in [0.717, 1.165) is 0 Å². The van der Waals surface area contributed by atoms with Gasteiger partial charge in [-0.15, -0.1) is 0 Å². The summed E-state index contributed by atoms with van der Waals surface area (Å²) in [4.78, 5) is 3.03. The summed E-state index contributed by atoms with van der Waals surface area (Å²) in [6.07, 6.45) is 2.72. The minimum absolute atomic E-state index is 0.164. The number of pyridine rings is 1. The Bertz CT molecular complexity index is 740. The molecule has 0 aliphatic rings. The normalized spacial score (nSPS) is 11.4. The van der Waals surface area contributed by atoms with Crippen LogP contribution < -0.4 is 4.72 Å². The van der Waals surface area contributed by atoms with Crippen molar-refractivity contribution in [1.82, 2.24) is 4.98 Å². The molecule has 0 atom stereocenters. The fourth-order valence-electron chi connectivity index (χ4n) is 1.46. The van der Waals surface area contributed by atoms with Crippen LogP contribution in [0.5, 0.6) is 0 Å². The molecule has 0 unspecified atom stereocenters. The summed E-state index contributed by atoms with van der Waals surface area (Å²) in [7, 11) is -4.23. The van der Waals surface area contributed by atoms with Crippen LogP contribution in [0, 0.1) is 24.4 Å². The fourth-order valence-corrected chi connectivity index (χ4v) is 2.60. The number of nitrogens with zero attached hydrogens (tertiary/aromatic N) is 1. The summed E-state index contributed by atoms with van der Waals surface area (Å²) in [5, 5.41) is 0. The van der Waals surface area contributed by atoms with Crippen LogP contribution in [-0.2, 0) is 10.0 Å². The zero-order valence-electron chi connectivity index (χ0n) is 10.2. The molecular formula is C12H9F3N2O2S. The van der Waals surface area contributed by atoms with Gasteiger partial charge in [-0.05, 0) is 30.7 Å². The van der Waals surface area contributed by atoms with Gasteiger partial charge in [0.2, 0.25) is 0 Å². The van der Waals surface area contributed by atoms with Crippen LogP contribution >= 0.6 is 0 Å². The first-order valence-corrected chi connectivity index (χ1v) is 6.87. The van der Waals surface area contributed by atoms with Crippen molar-refractivity contribution < 1.29 is 21.6 Å². The lowest BCUT2D eigenvalue weighted by Crippen LogP contribution is -2.15. The van der Waals surface area contributed by atoms with Gasteiger partial charge in [0.1, 0.15) is 0 Å². The summed E-state index contributed by atoms with van der Waals surface area (Å²) in [5.41, 5.74) is 0.740. The molecule has 0 bridgehead atoms. The van der Waals surface area contributed by atoms with E-state index in [9.17, 15) is 21.6 Å². The highest BCUT2D eigenvalue weighted by Crippen LogP contribution is 2.21. The first-order valence-electron chi connectivity index (χ1n) is 5.39. The van der Waals surface area contributed by atoms with Crippen molar-refractivity contribution in [2.45, 2.75) is 11.8 Å². The average molecular weight is 302 g/mol. The van der Waals surface area contributed by atoms with Gasteiger partial charge in [0.15, 0.2) is 17.5 Å². The second-order valence-corrected chi connectivity index (χ2v) is 5.68. The predicted octanol–water partition coefficient (Wildman–Crippen LogP) is 2.61. The summed E-state index contributed by atoms with van der Waals surface area (Å²) in [6, 6.07) is 2.38. The number of hydrogen-bond donors (Lipinski definition) is 1. The predicted molar refractivity (Wildman–Crippen MR) is 66.1 cm³/mol. The zero-order chi connectivity index (χ0) is 14.9. The number of anilines is 1. The van der Waals surface area contributed by atoms with E-state index in [1.54, 1.807) is 13.0 Å². The van der Waals surface area contributed by atoms with E-state index in [-0.39, 0.29) is 5.69 Å². The highest BCUT2D eigenvalue weighted by molar-refractivity contribution is 7.92. The van der Waals surface area contributed by atoms with Crippen molar-refractivity contribution in [2.75, 3.05) is 4.72 Å². The lowest BCUT2D eigenvalue weighted by Gasteiger charge is -2.10. The number of halogens is 3. The highest BCUT2D eigenvalue weighted by Gasteiger charge is 2.20. The smallest absolute Gasteiger partial charge is 0.262 e. The molecule has 0 saturated carbocycles. The van der Waals surface area contributed by atoms with Crippen LogP contribution in [-0.4, -0.2) is 13.4 Å². The van der Waals surface area contributed by atoms with Crippen molar-refractivity contribution >= 4 is 15.7 Å². The third-order valence-electron chi connectivity index (χ3n) is 2.55. The minimum Gasteiger partial charge on any atom is -0.278 e. The van der Waals surface area contributed by atoms with Crippen LogP contribution in [0.2, 0.25) is 0 Å². The highest BCUT2D eigenvalue weighted by atomic mass is 32.2. The van der Waals surface area contributed by atoms with Gasteiger partial charge in [-0.1, -0.05) is 0 Å². The van der Waals surface area contributed by atoms with Gasteiger partial charge in [-0.3, -0.25) is 9.71 Å². The molecule has 0 amide bonds. The Morgan fingerprint density at radius 3 is 2.30 bits per heavy atom. The Kier molecular flexibility index (Phi) is 3.67. The molecule has 1 N–H and O–H groups in total. The lowest BCUT2D eigenvalue weighted by molar-refractivity contribution is 0.442. The largest absolute Gasteiger partial charge is 0.278 e. The van der Waals surface area contributed by atoms with E-state index in [2.05, 4.69) is 9.71 Å². The van der Waals surface area contributed by atoms with E-state index in [4.69, 9.17) is 0 Å². The molecule has 20 heavy (non-hydrogen) atoms. The van der Waals surface area contributed by atoms with Gasteiger partial charge in [0.25, 0.3) is 10.0 Å². The average Bonchev–Trinajstić information content (AvgIpc) is 2.38. The first-order chi connectivity index (χ1) is 9.31. The van der Waals surface area contributed by atoms with Gasteiger partial charge in [0, 0.05) is 6.20 Å². The van der Waals surface area contributed by atoms with Crippen molar-refractivity contribution in [3.63, 3.8) is 0 Å². The summed E-state index contributed by atoms with van der Waals surface area (Å²) < 4.78 is 65.0. The van der Waals surface area contributed by atoms with Gasteiger partial charge >= 0.3 is 0 Å². The van der Waals surface area contributed by atoms with Crippen LogP contribution in [0.3, 0.4) is 0 Å². The molecule has 0 radical (unpaired) electrons. The number of aromatic nitrogens is 1. The van der Waals surface area contributed by atoms with Gasteiger partial charge < -0.3 is 0 Å². The summed E-state index contributed by atoms with van der Waals surface area (Å²) in [6.45, 7) is 1.63. The first kappa shape index (κ1) is 14.3. The molecule has 0 fully saturated rings. The number of hydrogen-bond acceptors (Lipinski definition) is 3. The standard InChI is InChI=1S/C12H9F3N2O2S/c1-7-2-3-16-6-11(7)17-20(18,19)8-4-9(13)12(15)10(14)5-8/h2-6,17H,1H3. The van der Waals surface area contributed by atoms with Crippen molar-refractivity contribution in [2.24, 2.45) is 0 Å². The van der Waals surface area contributed by atoms with Crippen LogP contribution in [0.1, 0.15) is 5.56 Å². The molecular weight excluding hydrogens is 293 g/mol. The molecule has 2 rings (SSSR count). The molecule has 1 heterocycles. The van der Waals surface area contributed by atoms with Crippen LogP contribution in [0.25, 0.3) is 0 Å². The van der Waals surface area contributed by atoms with E-state index in [0.29, 0.717) is 17.7 Å². The molecule has 0 spiro atoms. The van der Waals surface area contributed by atoms with Crippen molar-refractivity contribution in [3.05, 3.63) is 53.6 Å². The zero-order valence-corrected chi connectivity index (χ0v) is 11.0. The fraction of sp³-hybridized carbons (Fsp3) is 0.0833. The van der Waals surface area contributed by atoms with E-state index in [1.165, 1.54) is 12.4 Å². The lowest BCUT2D eigenvalue weighted by atomic mass is 10.3. The Morgan fingerprint density at radius 2 is 1.75 bits per heavy atom. The van der Waals surface area contributed by atoms with E-state index >= 15 is 0 Å². The van der Waals surface area contributed by atoms with Crippen LogP contribution in [0.4, 0.5) is 18.9 Å². The number of rotatable bonds is 3. The summed E-state index contributed by atoms with van der Waals surface area (Å²) in [5.74, 6) is -4.87. The monoisotopic (exact) mass is 302 g/mol. The SMILES string of the molecule is Cc1ccncc1NS(=O)(=O)c1cc(F)c(F)c(F)c1. The third-order valence-corrected chi connectivity index (χ3v) is 3.90. The van der Waals surface area contributed by atoms with Gasteiger partial charge in [-0.25, -0.2) is 21.6 Å². The second-order valence-electron chi connectivity index (χ2n) is 4.00. The molecule has 0 aliphatic carbocycles. The number of aryl methyl sites for hydroxylation is 1. The van der Waals surface area contributed by atoms with Crippen LogP contribution in [0.15, 0.2) is 35.5 Å². The maximum Gasteiger partial charge on any atom is 0.262 e. The molecule has 0 saturated heterocycles. The Balaban J connectivity index is 2.44. The molecule has 1 aromatic carbocycles. The number of benzene rings is 1. The van der Waals surface area contributed by atoms with Crippen molar-refractivity contribution in [1.29, 1.82) is 0 Å². The molecule has 1 aromatic heterocycles. The molecule has 8 heteroatoms. The maximum atomic E-state index is 13.1. The molecule has 4 nitrogen and oxygen atoms in total. The van der Waals surface area contributed by atoms with Gasteiger partial charge in [-0.2, -0.15) is 0 Å². The minimum atomic E-state index is -4.23. The quantitative estimate of drug-likeness (QED) is 0.887. The van der Waals surface area contributed by atoms with E-state index in [1.807, 2.05) is 0 Å². The molecule has 2 aromatic rings. The Morgan fingerprint density at radius 1 is 1.15 bits per heavy atom. The number of nitrogens with one attached hydrogen (secondary N) is 1. The maximum absolute atomic E-state index is 13.1.